The molecule has 0 aliphatic heterocycles. The molecule has 4 aromatic carbocycles. The first-order chi connectivity index (χ1) is 21.3. The second kappa shape index (κ2) is 12.5. The zero-order valence-corrected chi connectivity index (χ0v) is 24.8. The maximum absolute atomic E-state index is 11.7. The van der Waals surface area contributed by atoms with Crippen LogP contribution in [0.5, 0.6) is 11.5 Å². The Morgan fingerprint density at radius 2 is 1.17 bits per heavy atom. The number of benzene rings is 4. The lowest BCUT2D eigenvalue weighted by atomic mass is 10.2. The molecule has 4 aromatic rings. The van der Waals surface area contributed by atoms with Gasteiger partial charge in [-0.25, -0.2) is 0 Å². The number of non-ortho nitro benzene ring substituents is 1. The van der Waals surface area contributed by atoms with E-state index in [0.717, 1.165) is 36.4 Å². The molecular formula is C24H18N6O13S3. The maximum Gasteiger partial charge on any atom is 0.296 e. The average molecular weight is 695 g/mol. The monoisotopic (exact) mass is 694 g/mol. The first-order valence-corrected chi connectivity index (χ1v) is 16.3. The van der Waals surface area contributed by atoms with Gasteiger partial charge in [-0.1, -0.05) is 0 Å². The second-order valence-corrected chi connectivity index (χ2v) is 13.1. The van der Waals surface area contributed by atoms with Crippen molar-refractivity contribution >= 4 is 70.2 Å². The predicted molar refractivity (Wildman–Crippen MR) is 157 cm³/mol. The van der Waals surface area contributed by atoms with Crippen LogP contribution in [0.2, 0.25) is 0 Å². The Hall–Kier alpha value is -5.39. The number of phenolic OH excluding ortho intramolecular Hbond substituents is 2. The largest absolute Gasteiger partial charge is 0.505 e. The third-order valence-electron chi connectivity index (χ3n) is 5.72. The van der Waals surface area contributed by atoms with Crippen molar-refractivity contribution in [3.8, 4) is 11.5 Å². The Labute approximate surface area is 258 Å². The van der Waals surface area contributed by atoms with E-state index in [1.807, 2.05) is 0 Å². The lowest BCUT2D eigenvalue weighted by Crippen LogP contribution is -2.04. The van der Waals surface area contributed by atoms with Gasteiger partial charge in [-0.2, -0.15) is 30.4 Å². The highest BCUT2D eigenvalue weighted by atomic mass is 32.2. The summed E-state index contributed by atoms with van der Waals surface area (Å²) in [6.45, 7) is 0. The first kappa shape index (κ1) is 33.5. The minimum Gasteiger partial charge on any atom is -0.505 e. The minimum atomic E-state index is -5.05. The van der Waals surface area contributed by atoms with Crippen LogP contribution >= 0.6 is 0 Å². The van der Waals surface area contributed by atoms with Crippen molar-refractivity contribution in [3.05, 3.63) is 82.9 Å². The van der Waals surface area contributed by atoms with Gasteiger partial charge in [0.25, 0.3) is 36.0 Å². The van der Waals surface area contributed by atoms with Crippen LogP contribution in [0.4, 0.5) is 39.8 Å². The summed E-state index contributed by atoms with van der Waals surface area (Å²) in [7, 11) is -14.7. The summed E-state index contributed by atoms with van der Waals surface area (Å²) in [6, 6.07) is 12.3. The minimum absolute atomic E-state index is 0.156. The molecule has 0 amide bonds. The summed E-state index contributed by atoms with van der Waals surface area (Å²) >= 11 is 0. The molecule has 0 heterocycles. The second-order valence-electron chi connectivity index (χ2n) is 8.89. The van der Waals surface area contributed by atoms with Crippen LogP contribution in [0, 0.1) is 10.1 Å². The fraction of sp³-hybridized carbons (Fsp3) is 0. The highest BCUT2D eigenvalue weighted by molar-refractivity contribution is 7.87. The van der Waals surface area contributed by atoms with Gasteiger partial charge in [0.2, 0.25) is 0 Å². The van der Waals surface area contributed by atoms with E-state index in [1.54, 1.807) is 0 Å². The number of aromatic hydroxyl groups is 2. The van der Waals surface area contributed by atoms with E-state index in [1.165, 1.54) is 24.3 Å². The summed E-state index contributed by atoms with van der Waals surface area (Å²) in [5.74, 6) is -1.21. The summed E-state index contributed by atoms with van der Waals surface area (Å²) in [6.07, 6.45) is 0. The van der Waals surface area contributed by atoms with Crippen molar-refractivity contribution < 1.29 is 54.0 Å². The standard InChI is InChI=1S/C24H18N6O13S3/c31-21-12-22(32)20(29-27-18-8-6-16(44(35,36)37)10-24(18)46(41,42)43)11-19(21)28-26-14-3-1-13(2-4-14)25-17-7-5-15(30(33)34)9-23(17)45(38,39)40/h1-12,25,31-32H,(H,35,36,37)(H,38,39,40)(H,41,42,43). The van der Waals surface area contributed by atoms with E-state index >= 15 is 0 Å². The fourth-order valence-electron chi connectivity index (χ4n) is 3.59. The number of nitrogens with zero attached hydrogens (tertiary/aromatic N) is 5. The predicted octanol–water partition coefficient (Wildman–Crippen LogP) is 5.32. The number of nitro groups is 1. The normalized spacial score (nSPS) is 12.5. The number of nitro benzene ring substituents is 1. The number of azo groups is 2. The molecule has 0 saturated carbocycles. The van der Waals surface area contributed by atoms with E-state index in [2.05, 4.69) is 25.8 Å². The molecule has 0 aliphatic rings. The zero-order chi connectivity index (χ0) is 34.0. The van der Waals surface area contributed by atoms with Crippen molar-refractivity contribution in [2.75, 3.05) is 5.32 Å². The molecule has 0 spiro atoms. The van der Waals surface area contributed by atoms with Crippen LogP contribution in [0.3, 0.4) is 0 Å². The number of hydrogen-bond acceptors (Lipinski definition) is 15. The summed E-state index contributed by atoms with van der Waals surface area (Å²) in [4.78, 5) is 7.54. The molecule has 0 bridgehead atoms. The lowest BCUT2D eigenvalue weighted by Gasteiger charge is -2.10. The lowest BCUT2D eigenvalue weighted by molar-refractivity contribution is -0.385. The topological polar surface area (TPSA) is 308 Å². The molecule has 46 heavy (non-hydrogen) atoms. The van der Waals surface area contributed by atoms with Gasteiger partial charge < -0.3 is 15.5 Å². The SMILES string of the molecule is O=[N+]([O-])c1ccc(Nc2ccc(N=Nc3cc(N=Nc4ccc(S(=O)(=O)O)cc4S(=O)(=O)O)c(O)cc3O)cc2)c(S(=O)(=O)O)c1. The Balaban J connectivity index is 1.58. The van der Waals surface area contributed by atoms with Crippen molar-refractivity contribution in [1.29, 1.82) is 0 Å². The molecule has 4 rings (SSSR count). The van der Waals surface area contributed by atoms with E-state index in [-0.39, 0.29) is 28.4 Å². The highest BCUT2D eigenvalue weighted by Gasteiger charge is 2.22. The molecule has 6 N–H and O–H groups in total. The van der Waals surface area contributed by atoms with Crippen LogP contribution in [0.15, 0.2) is 108 Å². The van der Waals surface area contributed by atoms with Crippen LogP contribution in [-0.2, 0) is 30.4 Å². The summed E-state index contributed by atoms with van der Waals surface area (Å²) in [5, 5.41) is 49.1. The Bertz CT molecular complexity index is 2260. The number of nitrogens with one attached hydrogen (secondary N) is 1. The first-order valence-electron chi connectivity index (χ1n) is 11.9. The Morgan fingerprint density at radius 1 is 0.609 bits per heavy atom. The number of rotatable bonds is 10. The summed E-state index contributed by atoms with van der Waals surface area (Å²) in [5.41, 5.74) is -1.45. The van der Waals surface area contributed by atoms with Crippen LogP contribution in [0.1, 0.15) is 0 Å². The molecule has 0 fully saturated rings. The number of phenols is 2. The Kier molecular flexibility index (Phi) is 9.14. The highest BCUT2D eigenvalue weighted by Crippen LogP contribution is 2.40. The van der Waals surface area contributed by atoms with Gasteiger partial charge in [0.05, 0.1) is 21.2 Å². The van der Waals surface area contributed by atoms with Crippen LogP contribution in [-0.4, -0.2) is 54.0 Å². The molecule has 19 nitrogen and oxygen atoms in total. The molecule has 0 radical (unpaired) electrons. The molecule has 22 heteroatoms. The van der Waals surface area contributed by atoms with Crippen molar-refractivity contribution in [2.24, 2.45) is 20.5 Å². The van der Waals surface area contributed by atoms with Crippen molar-refractivity contribution in [1.82, 2.24) is 0 Å². The molecule has 240 valence electrons. The van der Waals surface area contributed by atoms with Crippen LogP contribution < -0.4 is 5.32 Å². The van der Waals surface area contributed by atoms with Gasteiger partial charge in [-0.05, 0) is 48.5 Å². The van der Waals surface area contributed by atoms with Gasteiger partial charge in [0, 0.05) is 30.0 Å². The van der Waals surface area contributed by atoms with Gasteiger partial charge in [0.15, 0.2) is 0 Å². The smallest absolute Gasteiger partial charge is 0.296 e. The third kappa shape index (κ3) is 8.00. The van der Waals surface area contributed by atoms with E-state index in [0.29, 0.717) is 12.1 Å². The number of anilines is 2. The van der Waals surface area contributed by atoms with Crippen molar-refractivity contribution in [2.45, 2.75) is 14.7 Å². The maximum atomic E-state index is 11.7. The number of hydrogen-bond donors (Lipinski definition) is 6. The Morgan fingerprint density at radius 3 is 1.72 bits per heavy atom. The zero-order valence-electron chi connectivity index (χ0n) is 22.4. The van der Waals surface area contributed by atoms with E-state index < -0.39 is 72.8 Å². The molecule has 0 aliphatic carbocycles. The van der Waals surface area contributed by atoms with E-state index in [9.17, 15) is 54.7 Å². The fourth-order valence-corrected chi connectivity index (χ4v) is 5.48. The summed E-state index contributed by atoms with van der Waals surface area (Å²) < 4.78 is 97.7. The van der Waals surface area contributed by atoms with Gasteiger partial charge in [0.1, 0.15) is 38.4 Å². The molecule has 0 unspecified atom stereocenters. The molecule has 0 saturated heterocycles. The molecular weight excluding hydrogens is 676 g/mol. The van der Waals surface area contributed by atoms with Crippen LogP contribution in [0.25, 0.3) is 0 Å². The third-order valence-corrected chi connectivity index (χ3v) is 8.34. The quantitative estimate of drug-likeness (QED) is 0.0530. The molecule has 0 atom stereocenters. The van der Waals surface area contributed by atoms with E-state index in [4.69, 9.17) is 4.55 Å². The van der Waals surface area contributed by atoms with Gasteiger partial charge in [-0.15, -0.1) is 15.3 Å². The average Bonchev–Trinajstić information content (AvgIpc) is 2.95. The molecule has 0 aromatic heterocycles. The van der Waals surface area contributed by atoms with Gasteiger partial charge >= 0.3 is 0 Å². The van der Waals surface area contributed by atoms with Gasteiger partial charge in [-0.3, -0.25) is 23.8 Å². The van der Waals surface area contributed by atoms with Crippen molar-refractivity contribution in [3.63, 3.8) is 0 Å².